The van der Waals surface area contributed by atoms with Crippen LogP contribution in [0.3, 0.4) is 0 Å². The number of rotatable bonds is 1. The molecule has 0 aliphatic heterocycles. The molecule has 0 fully saturated rings. The van der Waals surface area contributed by atoms with Crippen LogP contribution in [0.2, 0.25) is 0 Å². The van der Waals surface area contributed by atoms with Gasteiger partial charge in [-0.2, -0.15) is 10.5 Å². The average molecular weight is 174 g/mol. The monoisotopic (exact) mass is 174 g/mol. The second-order valence-corrected chi connectivity index (χ2v) is 2.29. The minimum absolute atomic E-state index is 0.0670. The molecule has 1 rings (SSSR count). The molecule has 1 aromatic carbocycles. The van der Waals surface area contributed by atoms with Crippen LogP contribution in [0.4, 0.5) is 0 Å². The highest BCUT2D eigenvalue weighted by Crippen LogP contribution is 2.26. The van der Waals surface area contributed by atoms with E-state index in [0.29, 0.717) is 0 Å². The molecular formula is C9H6N2O2. The topological polar surface area (TPSA) is 77.0 Å². The lowest BCUT2D eigenvalue weighted by molar-refractivity contribution is 0.406. The number of nitriles is 2. The van der Waals surface area contributed by atoms with Crippen LogP contribution in [0.25, 0.3) is 0 Å². The largest absolute Gasteiger partial charge is 0.506 e. The van der Waals surface area contributed by atoms with E-state index < -0.39 is 0 Å². The van der Waals surface area contributed by atoms with Gasteiger partial charge in [-0.1, -0.05) is 0 Å². The highest BCUT2D eigenvalue weighted by molar-refractivity contribution is 5.55. The minimum atomic E-state index is -0.182. The van der Waals surface area contributed by atoms with Crippen LogP contribution in [0.5, 0.6) is 11.5 Å². The summed E-state index contributed by atoms with van der Waals surface area (Å²) in [5, 5.41) is 26.4. The van der Waals surface area contributed by atoms with E-state index in [0.717, 1.165) is 0 Å². The smallest absolute Gasteiger partial charge is 0.140 e. The summed E-state index contributed by atoms with van der Waals surface area (Å²) in [4.78, 5) is 0. The first-order chi connectivity index (χ1) is 6.22. The molecule has 13 heavy (non-hydrogen) atoms. The second kappa shape index (κ2) is 3.46. The quantitative estimate of drug-likeness (QED) is 0.692. The summed E-state index contributed by atoms with van der Waals surface area (Å²) in [6.07, 6.45) is 0. The molecule has 4 heteroatoms. The summed E-state index contributed by atoms with van der Waals surface area (Å²) in [6, 6.07) is 6.16. The fourth-order valence-corrected chi connectivity index (χ4v) is 0.915. The number of nitrogens with zero attached hydrogens (tertiary/aromatic N) is 2. The van der Waals surface area contributed by atoms with Crippen LogP contribution in [-0.4, -0.2) is 12.2 Å². The Morgan fingerprint density at radius 1 is 1.23 bits per heavy atom. The SMILES string of the molecule is COc1cc(O)c(C#N)cc1C#N. The van der Waals surface area contributed by atoms with Gasteiger partial charge in [0.15, 0.2) is 0 Å². The van der Waals surface area contributed by atoms with E-state index in [1.54, 1.807) is 6.07 Å². The molecule has 4 nitrogen and oxygen atoms in total. The number of methoxy groups -OCH3 is 1. The molecule has 0 amide bonds. The van der Waals surface area contributed by atoms with Gasteiger partial charge in [-0.15, -0.1) is 0 Å². The highest BCUT2D eigenvalue weighted by Gasteiger charge is 2.08. The first-order valence-electron chi connectivity index (χ1n) is 3.44. The van der Waals surface area contributed by atoms with E-state index >= 15 is 0 Å². The molecule has 0 unspecified atom stereocenters. The maximum atomic E-state index is 9.23. The summed E-state index contributed by atoms with van der Waals surface area (Å²) in [5.74, 6) is 0.0809. The molecule has 0 radical (unpaired) electrons. The Labute approximate surface area is 75.2 Å². The van der Waals surface area contributed by atoms with Crippen molar-refractivity contribution in [3.63, 3.8) is 0 Å². The Hall–Kier alpha value is -2.20. The predicted molar refractivity (Wildman–Crippen MR) is 44.1 cm³/mol. The third-order valence-electron chi connectivity index (χ3n) is 1.56. The molecule has 0 atom stereocenters. The van der Waals surface area contributed by atoms with Gasteiger partial charge in [0.2, 0.25) is 0 Å². The summed E-state index contributed by atoms with van der Waals surface area (Å²) < 4.78 is 4.82. The average Bonchev–Trinajstić information content (AvgIpc) is 2.17. The van der Waals surface area contributed by atoms with Gasteiger partial charge in [-0.3, -0.25) is 0 Å². The number of hydrogen-bond donors (Lipinski definition) is 1. The molecule has 0 aliphatic carbocycles. The van der Waals surface area contributed by atoms with Crippen molar-refractivity contribution in [3.8, 4) is 23.6 Å². The number of aromatic hydroxyl groups is 1. The maximum absolute atomic E-state index is 9.23. The summed E-state index contributed by atoms with van der Waals surface area (Å²) in [6.45, 7) is 0. The van der Waals surface area contributed by atoms with Crippen LogP contribution < -0.4 is 4.74 Å². The van der Waals surface area contributed by atoms with E-state index in [2.05, 4.69) is 0 Å². The van der Waals surface area contributed by atoms with Crippen molar-refractivity contribution in [1.82, 2.24) is 0 Å². The van der Waals surface area contributed by atoms with E-state index in [-0.39, 0.29) is 22.6 Å². The van der Waals surface area contributed by atoms with Gasteiger partial charge in [0.05, 0.1) is 18.2 Å². The molecule has 0 saturated heterocycles. The number of phenolic OH excluding ortho intramolecular Hbond substituents is 1. The molecule has 0 saturated carbocycles. The third-order valence-corrected chi connectivity index (χ3v) is 1.56. The Morgan fingerprint density at radius 3 is 2.31 bits per heavy atom. The van der Waals surface area contributed by atoms with Gasteiger partial charge in [-0.05, 0) is 6.07 Å². The Kier molecular flexibility index (Phi) is 2.37. The third kappa shape index (κ3) is 1.52. The molecule has 0 aliphatic rings. The maximum Gasteiger partial charge on any atom is 0.140 e. The van der Waals surface area contributed by atoms with Gasteiger partial charge in [0.1, 0.15) is 23.6 Å². The van der Waals surface area contributed by atoms with Gasteiger partial charge in [0, 0.05) is 6.07 Å². The van der Waals surface area contributed by atoms with E-state index in [1.807, 2.05) is 6.07 Å². The first-order valence-corrected chi connectivity index (χ1v) is 3.44. The predicted octanol–water partition coefficient (Wildman–Crippen LogP) is 1.14. The first kappa shape index (κ1) is 8.89. The zero-order valence-corrected chi connectivity index (χ0v) is 6.90. The lowest BCUT2D eigenvalue weighted by Crippen LogP contribution is -1.89. The van der Waals surface area contributed by atoms with Crippen LogP contribution in [0.15, 0.2) is 12.1 Å². The van der Waals surface area contributed by atoms with Crippen molar-refractivity contribution in [2.75, 3.05) is 7.11 Å². The standard InChI is InChI=1S/C9H6N2O2/c1-13-9-3-8(12)6(4-10)2-7(9)5-11/h2-3,12H,1H3. The lowest BCUT2D eigenvalue weighted by atomic mass is 10.1. The van der Waals surface area contributed by atoms with E-state index in [4.69, 9.17) is 15.3 Å². The summed E-state index contributed by atoms with van der Waals surface area (Å²) >= 11 is 0. The molecule has 0 heterocycles. The van der Waals surface area contributed by atoms with Crippen molar-refractivity contribution in [1.29, 1.82) is 10.5 Å². The van der Waals surface area contributed by atoms with E-state index in [1.165, 1.54) is 19.2 Å². The van der Waals surface area contributed by atoms with Gasteiger partial charge < -0.3 is 9.84 Å². The minimum Gasteiger partial charge on any atom is -0.506 e. The second-order valence-electron chi connectivity index (χ2n) is 2.29. The number of benzene rings is 1. The van der Waals surface area contributed by atoms with Crippen LogP contribution in [-0.2, 0) is 0 Å². The molecule has 64 valence electrons. The van der Waals surface area contributed by atoms with Crippen molar-refractivity contribution in [2.45, 2.75) is 0 Å². The normalized spacial score (nSPS) is 8.54. The summed E-state index contributed by atoms with van der Waals surface area (Å²) in [5.41, 5.74) is 0.300. The molecule has 0 aromatic heterocycles. The molecule has 0 spiro atoms. The zero-order valence-electron chi connectivity index (χ0n) is 6.90. The summed E-state index contributed by atoms with van der Waals surface area (Å²) in [7, 11) is 1.39. The Bertz CT molecular complexity index is 413. The molecule has 1 aromatic rings. The fraction of sp³-hybridized carbons (Fsp3) is 0.111. The fourth-order valence-electron chi connectivity index (χ4n) is 0.915. The van der Waals surface area contributed by atoms with Crippen molar-refractivity contribution < 1.29 is 9.84 Å². The highest BCUT2D eigenvalue weighted by atomic mass is 16.5. The van der Waals surface area contributed by atoms with Crippen LogP contribution >= 0.6 is 0 Å². The number of phenols is 1. The van der Waals surface area contributed by atoms with Crippen molar-refractivity contribution >= 4 is 0 Å². The Balaban J connectivity index is 3.39. The number of hydrogen-bond acceptors (Lipinski definition) is 4. The van der Waals surface area contributed by atoms with Crippen LogP contribution in [0.1, 0.15) is 11.1 Å². The molecular weight excluding hydrogens is 168 g/mol. The van der Waals surface area contributed by atoms with Gasteiger partial charge >= 0.3 is 0 Å². The molecule has 1 N–H and O–H groups in total. The molecule has 0 bridgehead atoms. The lowest BCUT2D eigenvalue weighted by Gasteiger charge is -2.03. The van der Waals surface area contributed by atoms with Gasteiger partial charge in [0.25, 0.3) is 0 Å². The van der Waals surface area contributed by atoms with Crippen molar-refractivity contribution in [3.05, 3.63) is 23.3 Å². The van der Waals surface area contributed by atoms with E-state index in [9.17, 15) is 5.11 Å². The zero-order chi connectivity index (χ0) is 9.84. The number of ether oxygens (including phenoxy) is 1. The van der Waals surface area contributed by atoms with Gasteiger partial charge in [-0.25, -0.2) is 0 Å². The van der Waals surface area contributed by atoms with Crippen molar-refractivity contribution in [2.24, 2.45) is 0 Å². The Morgan fingerprint density at radius 2 is 1.85 bits per heavy atom. The van der Waals surface area contributed by atoms with Crippen LogP contribution in [0, 0.1) is 22.7 Å².